The van der Waals surface area contributed by atoms with Crippen LogP contribution in [0.2, 0.25) is 10.3 Å². The minimum absolute atomic E-state index is 0.0872. The Morgan fingerprint density at radius 3 is 2.62 bits per heavy atom. The van der Waals surface area contributed by atoms with Gasteiger partial charge in [0.05, 0.1) is 17.4 Å². The quantitative estimate of drug-likeness (QED) is 0.569. The van der Waals surface area contributed by atoms with Crippen molar-refractivity contribution in [3.05, 3.63) is 47.0 Å². The third kappa shape index (κ3) is 3.61. The number of amides is 1. The molecule has 1 aromatic carbocycles. The summed E-state index contributed by atoms with van der Waals surface area (Å²) in [5.74, 6) is 0.437. The van der Waals surface area contributed by atoms with Crippen molar-refractivity contribution in [2.45, 2.75) is 26.4 Å². The highest BCUT2D eigenvalue weighted by molar-refractivity contribution is 6.33. The Labute approximate surface area is 161 Å². The SMILES string of the molecule is CN(C(=O)OC(C)(C)C)c1cn(-c2nc(Cl)ncc2Cl)c2ccccc12. The van der Waals surface area contributed by atoms with Crippen molar-refractivity contribution >= 4 is 45.9 Å². The summed E-state index contributed by atoms with van der Waals surface area (Å²) in [6.07, 6.45) is 2.77. The molecule has 136 valence electrons. The molecule has 0 radical (unpaired) electrons. The molecule has 3 rings (SSSR count). The number of anilines is 1. The van der Waals surface area contributed by atoms with Gasteiger partial charge in [-0.05, 0) is 38.4 Å². The minimum Gasteiger partial charge on any atom is -0.443 e. The third-order valence-electron chi connectivity index (χ3n) is 3.64. The van der Waals surface area contributed by atoms with Crippen LogP contribution in [0.4, 0.5) is 10.5 Å². The summed E-state index contributed by atoms with van der Waals surface area (Å²) in [6.45, 7) is 5.47. The normalized spacial score (nSPS) is 11.6. The van der Waals surface area contributed by atoms with Crippen molar-refractivity contribution in [3.63, 3.8) is 0 Å². The molecule has 0 saturated heterocycles. The Morgan fingerprint density at radius 2 is 1.92 bits per heavy atom. The average Bonchev–Trinajstić information content (AvgIpc) is 2.94. The van der Waals surface area contributed by atoms with E-state index in [-0.39, 0.29) is 5.28 Å². The van der Waals surface area contributed by atoms with Crippen LogP contribution >= 0.6 is 23.2 Å². The lowest BCUT2D eigenvalue weighted by atomic mass is 10.2. The topological polar surface area (TPSA) is 60.2 Å². The van der Waals surface area contributed by atoms with Crippen molar-refractivity contribution in [2.24, 2.45) is 0 Å². The lowest BCUT2D eigenvalue weighted by molar-refractivity contribution is 0.0589. The van der Waals surface area contributed by atoms with E-state index < -0.39 is 11.7 Å². The van der Waals surface area contributed by atoms with Gasteiger partial charge in [0.1, 0.15) is 10.6 Å². The molecule has 8 heteroatoms. The Balaban J connectivity index is 2.14. The highest BCUT2D eigenvalue weighted by Crippen LogP contribution is 2.33. The zero-order valence-corrected chi connectivity index (χ0v) is 16.3. The van der Waals surface area contributed by atoms with E-state index >= 15 is 0 Å². The van der Waals surface area contributed by atoms with E-state index in [0.29, 0.717) is 16.5 Å². The molecule has 0 aliphatic carbocycles. The number of aromatic nitrogens is 3. The van der Waals surface area contributed by atoms with Crippen LogP contribution in [0.5, 0.6) is 0 Å². The Bertz CT molecular complexity index is 979. The summed E-state index contributed by atoms with van der Waals surface area (Å²) in [5, 5.41) is 1.29. The number of fused-ring (bicyclic) bond motifs is 1. The fraction of sp³-hybridized carbons (Fsp3) is 0.278. The first-order chi connectivity index (χ1) is 12.2. The van der Waals surface area contributed by atoms with Crippen molar-refractivity contribution < 1.29 is 9.53 Å². The molecule has 0 spiro atoms. The summed E-state index contributed by atoms with van der Waals surface area (Å²) in [7, 11) is 1.66. The van der Waals surface area contributed by atoms with E-state index in [0.717, 1.165) is 10.9 Å². The fourth-order valence-corrected chi connectivity index (χ4v) is 2.85. The first-order valence-corrected chi connectivity index (χ1v) is 8.68. The molecule has 2 aromatic heterocycles. The van der Waals surface area contributed by atoms with E-state index in [4.69, 9.17) is 27.9 Å². The number of carbonyl (C=O) groups excluding carboxylic acids is 1. The van der Waals surface area contributed by atoms with Crippen molar-refractivity contribution in [1.82, 2.24) is 14.5 Å². The second kappa shape index (κ2) is 6.78. The summed E-state index contributed by atoms with van der Waals surface area (Å²) in [4.78, 5) is 22.1. The van der Waals surface area contributed by atoms with E-state index in [9.17, 15) is 4.79 Å². The van der Waals surface area contributed by atoms with Crippen LogP contribution in [0.15, 0.2) is 36.7 Å². The predicted molar refractivity (Wildman–Crippen MR) is 104 cm³/mol. The number of ether oxygens (including phenoxy) is 1. The third-order valence-corrected chi connectivity index (χ3v) is 4.09. The number of nitrogens with zero attached hydrogens (tertiary/aromatic N) is 4. The first-order valence-electron chi connectivity index (χ1n) is 7.92. The Morgan fingerprint density at radius 1 is 1.23 bits per heavy atom. The Hall–Kier alpha value is -2.31. The van der Waals surface area contributed by atoms with Crippen LogP contribution in [-0.4, -0.2) is 33.3 Å². The van der Waals surface area contributed by atoms with Gasteiger partial charge in [-0.25, -0.2) is 9.78 Å². The summed E-state index contributed by atoms with van der Waals surface area (Å²) in [5.41, 5.74) is 0.906. The molecular formula is C18H18Cl2N4O2. The van der Waals surface area contributed by atoms with Gasteiger partial charge in [0, 0.05) is 18.6 Å². The largest absolute Gasteiger partial charge is 0.443 e. The van der Waals surface area contributed by atoms with E-state index in [1.165, 1.54) is 11.1 Å². The number of rotatable bonds is 2. The van der Waals surface area contributed by atoms with Crippen LogP contribution in [0.1, 0.15) is 20.8 Å². The van der Waals surface area contributed by atoms with Crippen molar-refractivity contribution in [3.8, 4) is 5.82 Å². The molecular weight excluding hydrogens is 375 g/mol. The maximum Gasteiger partial charge on any atom is 0.414 e. The monoisotopic (exact) mass is 392 g/mol. The lowest BCUT2D eigenvalue weighted by Crippen LogP contribution is -2.34. The maximum atomic E-state index is 12.5. The van der Waals surface area contributed by atoms with Crippen molar-refractivity contribution in [2.75, 3.05) is 11.9 Å². The summed E-state index contributed by atoms with van der Waals surface area (Å²) in [6, 6.07) is 7.62. The molecule has 0 N–H and O–H groups in total. The average molecular weight is 393 g/mol. The number of hydrogen-bond acceptors (Lipinski definition) is 4. The molecule has 0 aliphatic rings. The molecule has 1 amide bonds. The zero-order chi connectivity index (χ0) is 19.1. The molecule has 26 heavy (non-hydrogen) atoms. The van der Waals surface area contributed by atoms with Gasteiger partial charge in [0.15, 0.2) is 5.82 Å². The van der Waals surface area contributed by atoms with E-state index in [1.54, 1.807) is 17.8 Å². The number of hydrogen-bond donors (Lipinski definition) is 0. The van der Waals surface area contributed by atoms with Gasteiger partial charge in [-0.2, -0.15) is 4.98 Å². The molecule has 6 nitrogen and oxygen atoms in total. The minimum atomic E-state index is -0.590. The fourth-order valence-electron chi connectivity index (χ4n) is 2.54. The van der Waals surface area contributed by atoms with Gasteiger partial charge in [-0.3, -0.25) is 9.47 Å². The van der Waals surface area contributed by atoms with Crippen LogP contribution in [0.3, 0.4) is 0 Å². The lowest BCUT2D eigenvalue weighted by Gasteiger charge is -2.24. The number of halogens is 2. The van der Waals surface area contributed by atoms with Gasteiger partial charge in [0.2, 0.25) is 5.28 Å². The summed E-state index contributed by atoms with van der Waals surface area (Å²) < 4.78 is 7.24. The first kappa shape index (κ1) is 18.5. The van der Waals surface area contributed by atoms with Crippen LogP contribution in [0, 0.1) is 0 Å². The molecule has 0 atom stereocenters. The summed E-state index contributed by atoms with van der Waals surface area (Å²) >= 11 is 12.2. The predicted octanol–water partition coefficient (Wildman–Crippen LogP) is 5.10. The van der Waals surface area contributed by atoms with E-state index in [1.807, 2.05) is 45.0 Å². The van der Waals surface area contributed by atoms with Crippen LogP contribution in [0.25, 0.3) is 16.7 Å². The second-order valence-electron chi connectivity index (χ2n) is 6.75. The maximum absolute atomic E-state index is 12.5. The van der Waals surface area contributed by atoms with Gasteiger partial charge < -0.3 is 4.74 Å². The molecule has 3 aromatic rings. The molecule has 2 heterocycles. The number of benzene rings is 1. The molecule has 0 bridgehead atoms. The van der Waals surface area contributed by atoms with Gasteiger partial charge >= 0.3 is 6.09 Å². The standard InChI is InChI=1S/C18H18Cl2N4O2/c1-18(2,3)26-17(25)23(4)14-10-24(13-8-6-5-7-11(13)14)15-12(19)9-21-16(20)22-15/h5-10H,1-4H3. The molecule has 0 fully saturated rings. The second-order valence-corrected chi connectivity index (χ2v) is 7.50. The van der Waals surface area contributed by atoms with Gasteiger partial charge in [-0.1, -0.05) is 29.8 Å². The molecule has 0 aliphatic heterocycles. The Kier molecular flexibility index (Phi) is 4.82. The number of para-hydroxylation sites is 1. The smallest absolute Gasteiger partial charge is 0.414 e. The van der Waals surface area contributed by atoms with Crippen molar-refractivity contribution in [1.29, 1.82) is 0 Å². The highest BCUT2D eigenvalue weighted by atomic mass is 35.5. The molecule has 0 unspecified atom stereocenters. The zero-order valence-electron chi connectivity index (χ0n) is 14.8. The van der Waals surface area contributed by atoms with Gasteiger partial charge in [0.25, 0.3) is 0 Å². The van der Waals surface area contributed by atoms with Crippen LogP contribution in [-0.2, 0) is 4.74 Å². The molecule has 0 saturated carbocycles. The van der Waals surface area contributed by atoms with Crippen LogP contribution < -0.4 is 4.90 Å². The van der Waals surface area contributed by atoms with Gasteiger partial charge in [-0.15, -0.1) is 0 Å². The number of carbonyl (C=O) groups is 1. The van der Waals surface area contributed by atoms with E-state index in [2.05, 4.69) is 9.97 Å². The highest BCUT2D eigenvalue weighted by Gasteiger charge is 2.24.